The molecule has 4 atom stereocenters. The van der Waals surface area contributed by atoms with Crippen molar-refractivity contribution in [1.29, 1.82) is 0 Å². The molecule has 2 aromatic rings. The maximum atomic E-state index is 12.7. The van der Waals surface area contributed by atoms with Crippen molar-refractivity contribution in [2.24, 2.45) is 4.99 Å². The fourth-order valence-corrected chi connectivity index (χ4v) is 6.19. The van der Waals surface area contributed by atoms with Crippen molar-refractivity contribution in [3.8, 4) is 0 Å². The number of hydrogen-bond donors (Lipinski definition) is 5. The third-order valence-corrected chi connectivity index (χ3v) is 8.60. The number of amides is 1. The first-order chi connectivity index (χ1) is 19.2. The van der Waals surface area contributed by atoms with E-state index in [-0.39, 0.29) is 23.1 Å². The molecule has 1 fully saturated rings. The maximum absolute atomic E-state index is 12.7. The molecule has 13 heteroatoms. The highest BCUT2D eigenvalue weighted by molar-refractivity contribution is 7.89. The number of ether oxygens (including phenoxy) is 1. The molecule has 0 spiro atoms. The van der Waals surface area contributed by atoms with E-state index in [0.29, 0.717) is 5.56 Å². The van der Waals surface area contributed by atoms with E-state index in [0.717, 1.165) is 44.1 Å². The van der Waals surface area contributed by atoms with Gasteiger partial charge in [0.25, 0.3) is 5.91 Å². The first kappa shape index (κ1) is 29.3. The zero-order valence-electron chi connectivity index (χ0n) is 22.5. The van der Waals surface area contributed by atoms with Gasteiger partial charge in [-0.15, -0.1) is 0 Å². The molecule has 40 heavy (non-hydrogen) atoms. The predicted molar refractivity (Wildman–Crippen MR) is 151 cm³/mol. The summed E-state index contributed by atoms with van der Waals surface area (Å²) in [5, 5.41) is 18.8. The molecule has 2 aliphatic heterocycles. The standard InChI is InChI=1S/C27H36N6O6S/c1-18-24(39-2)22(31-27-28-14-6-15-29-27)13-16-33(18)20-11-9-19(10-12-20)25(34)30-17-23(26(35)36)32-40(37,38)21-7-4-3-5-8-21/h3-5,7-12,18,22-24,32H,6,13-17H2,1-2H3,(H,30,34)(H,35,36)(H2,28,29,31)/t18-,22+,23+,24+/m1/s1. The number of guanidine groups is 1. The van der Waals surface area contributed by atoms with Gasteiger partial charge in [-0.2, -0.15) is 4.72 Å². The Bertz CT molecular complexity index is 1300. The Morgan fingerprint density at radius 2 is 1.90 bits per heavy atom. The molecule has 1 amide bonds. The van der Waals surface area contributed by atoms with Crippen LogP contribution in [0.15, 0.2) is 64.5 Å². The summed E-state index contributed by atoms with van der Waals surface area (Å²) in [6, 6.07) is 13.1. The summed E-state index contributed by atoms with van der Waals surface area (Å²) in [4.78, 5) is 31.1. The molecule has 0 aliphatic carbocycles. The summed E-state index contributed by atoms with van der Waals surface area (Å²) in [6.45, 7) is 4.16. The van der Waals surface area contributed by atoms with Crippen LogP contribution in [0.3, 0.4) is 0 Å². The first-order valence-corrected chi connectivity index (χ1v) is 14.7. The molecule has 0 radical (unpaired) electrons. The van der Waals surface area contributed by atoms with Crippen molar-refractivity contribution in [3.05, 3.63) is 60.2 Å². The molecule has 2 aromatic carbocycles. The lowest BCUT2D eigenvalue weighted by molar-refractivity contribution is -0.138. The van der Waals surface area contributed by atoms with Gasteiger partial charge < -0.3 is 30.7 Å². The van der Waals surface area contributed by atoms with Crippen LogP contribution in [0.4, 0.5) is 5.69 Å². The van der Waals surface area contributed by atoms with E-state index >= 15 is 0 Å². The van der Waals surface area contributed by atoms with Gasteiger partial charge in [0.05, 0.1) is 23.1 Å². The number of benzene rings is 2. The highest BCUT2D eigenvalue weighted by Crippen LogP contribution is 2.27. The van der Waals surface area contributed by atoms with Gasteiger partial charge in [0.1, 0.15) is 6.04 Å². The van der Waals surface area contributed by atoms with Crippen molar-refractivity contribution in [3.63, 3.8) is 0 Å². The minimum absolute atomic E-state index is 0.0501. The molecule has 12 nitrogen and oxygen atoms in total. The Morgan fingerprint density at radius 1 is 1.18 bits per heavy atom. The van der Waals surface area contributed by atoms with Gasteiger partial charge in [0.2, 0.25) is 10.0 Å². The minimum atomic E-state index is -4.07. The number of aliphatic imine (C=N–C) groups is 1. The number of sulfonamides is 1. The van der Waals surface area contributed by atoms with Crippen LogP contribution in [0.5, 0.6) is 0 Å². The van der Waals surface area contributed by atoms with E-state index in [9.17, 15) is 23.1 Å². The number of nitrogens with one attached hydrogen (secondary N) is 4. The average molecular weight is 573 g/mol. The van der Waals surface area contributed by atoms with E-state index in [2.05, 4.69) is 37.5 Å². The van der Waals surface area contributed by atoms with Crippen molar-refractivity contribution < 1.29 is 27.9 Å². The number of carbonyl (C=O) groups is 2. The second-order valence-corrected chi connectivity index (χ2v) is 11.5. The fraction of sp³-hybridized carbons (Fsp3) is 0.444. The molecule has 0 saturated carbocycles. The summed E-state index contributed by atoms with van der Waals surface area (Å²) >= 11 is 0. The SMILES string of the molecule is CO[C@@H]1[C@@H](NC2=NCCCN2)CCN(c2ccc(C(=O)NC[C@H](NS(=O)(=O)c3ccccc3)C(=O)O)cc2)[C@@H]1C. The molecule has 216 valence electrons. The summed E-state index contributed by atoms with van der Waals surface area (Å²) in [5.41, 5.74) is 1.25. The van der Waals surface area contributed by atoms with Crippen LogP contribution in [0.25, 0.3) is 0 Å². The smallest absolute Gasteiger partial charge is 0.323 e. The van der Waals surface area contributed by atoms with Crippen LogP contribution in [0, 0.1) is 0 Å². The van der Waals surface area contributed by atoms with Gasteiger partial charge >= 0.3 is 5.97 Å². The molecule has 5 N–H and O–H groups in total. The molecule has 2 aliphatic rings. The topological polar surface area (TPSA) is 161 Å². The molecule has 0 aromatic heterocycles. The van der Waals surface area contributed by atoms with Gasteiger partial charge in [-0.05, 0) is 56.2 Å². The quantitative estimate of drug-likeness (QED) is 0.277. The van der Waals surface area contributed by atoms with Crippen LogP contribution in [0.1, 0.15) is 30.1 Å². The van der Waals surface area contributed by atoms with Gasteiger partial charge in [-0.1, -0.05) is 18.2 Å². The second-order valence-electron chi connectivity index (χ2n) is 9.77. The Hall–Kier alpha value is -3.68. The monoisotopic (exact) mass is 572 g/mol. The zero-order valence-corrected chi connectivity index (χ0v) is 23.4. The summed E-state index contributed by atoms with van der Waals surface area (Å²) < 4.78 is 33.0. The lowest BCUT2D eigenvalue weighted by Gasteiger charge is -2.45. The van der Waals surface area contributed by atoms with Crippen LogP contribution in [-0.2, 0) is 19.6 Å². The molecule has 0 bridgehead atoms. The molecular formula is C27H36N6O6S. The largest absolute Gasteiger partial charge is 0.480 e. The lowest BCUT2D eigenvalue weighted by atomic mass is 9.93. The highest BCUT2D eigenvalue weighted by Gasteiger charge is 2.36. The number of hydrogen-bond acceptors (Lipinski definition) is 9. The number of carboxylic acid groups (broad SMARTS) is 1. The van der Waals surface area contributed by atoms with E-state index in [1.54, 1.807) is 25.3 Å². The van der Waals surface area contributed by atoms with Crippen molar-refractivity contribution >= 4 is 33.5 Å². The molecule has 4 rings (SSSR count). The number of nitrogens with zero attached hydrogens (tertiary/aromatic N) is 2. The van der Waals surface area contributed by atoms with Crippen LogP contribution < -0.4 is 25.6 Å². The molecule has 0 unspecified atom stereocenters. The van der Waals surface area contributed by atoms with E-state index < -0.39 is 34.5 Å². The van der Waals surface area contributed by atoms with Crippen molar-refractivity contribution in [1.82, 2.24) is 20.7 Å². The van der Waals surface area contributed by atoms with E-state index in [1.165, 1.54) is 24.3 Å². The number of aliphatic carboxylic acids is 1. The highest BCUT2D eigenvalue weighted by atomic mass is 32.2. The number of methoxy groups -OCH3 is 1. The van der Waals surface area contributed by atoms with E-state index in [1.807, 2.05) is 12.1 Å². The van der Waals surface area contributed by atoms with E-state index in [4.69, 9.17) is 4.74 Å². The average Bonchev–Trinajstić information content (AvgIpc) is 2.96. The Kier molecular flexibility index (Phi) is 9.61. The predicted octanol–water partition coefficient (Wildman–Crippen LogP) is 0.769. The Balaban J connectivity index is 1.35. The summed E-state index contributed by atoms with van der Waals surface area (Å²) in [5.74, 6) is -1.10. The lowest BCUT2D eigenvalue weighted by Crippen LogP contribution is -2.61. The number of piperidine rings is 1. The number of carboxylic acids is 1. The third kappa shape index (κ3) is 7.09. The maximum Gasteiger partial charge on any atom is 0.323 e. The van der Waals surface area contributed by atoms with Crippen LogP contribution >= 0.6 is 0 Å². The Labute approximate surface area is 234 Å². The third-order valence-electron chi connectivity index (χ3n) is 7.11. The summed E-state index contributed by atoms with van der Waals surface area (Å²) in [6.07, 6.45) is 1.77. The molecule has 2 heterocycles. The zero-order chi connectivity index (χ0) is 28.7. The Morgan fingerprint density at radius 3 is 2.52 bits per heavy atom. The van der Waals surface area contributed by atoms with Crippen molar-refractivity contribution in [2.75, 3.05) is 38.2 Å². The van der Waals surface area contributed by atoms with Crippen molar-refractivity contribution in [2.45, 2.75) is 48.9 Å². The van der Waals surface area contributed by atoms with Gasteiger partial charge in [-0.25, -0.2) is 8.42 Å². The number of carbonyl (C=O) groups excluding carboxylic acids is 1. The molecule has 1 saturated heterocycles. The summed E-state index contributed by atoms with van der Waals surface area (Å²) in [7, 11) is -2.37. The molecular weight excluding hydrogens is 536 g/mol. The second kappa shape index (κ2) is 13.1. The van der Waals surface area contributed by atoms with Gasteiger partial charge in [-0.3, -0.25) is 14.6 Å². The van der Waals surface area contributed by atoms with Gasteiger partial charge in [0, 0.05) is 44.5 Å². The van der Waals surface area contributed by atoms with Crippen LogP contribution in [-0.4, -0.2) is 88.9 Å². The minimum Gasteiger partial charge on any atom is -0.480 e. The normalized spacial score (nSPS) is 22.0. The number of rotatable bonds is 10. The first-order valence-electron chi connectivity index (χ1n) is 13.2. The van der Waals surface area contributed by atoms with Gasteiger partial charge in [0.15, 0.2) is 5.96 Å². The van der Waals surface area contributed by atoms with Crippen LogP contribution in [0.2, 0.25) is 0 Å². The fourth-order valence-electron chi connectivity index (χ4n) is 4.98. The number of anilines is 1.